The molecule has 4 heteroatoms. The van der Waals surface area contributed by atoms with Crippen molar-refractivity contribution in [3.05, 3.63) is 0 Å². The Hall–Kier alpha value is -0.220. The van der Waals surface area contributed by atoms with Crippen LogP contribution in [-0.4, -0.2) is 40.4 Å². The van der Waals surface area contributed by atoms with Crippen LogP contribution in [0, 0.1) is 5.92 Å². The average molecular weight is 244 g/mol. The van der Waals surface area contributed by atoms with Crippen LogP contribution in [0.5, 0.6) is 0 Å². The Morgan fingerprint density at radius 2 is 1.88 bits per heavy atom. The molecule has 94 valence electrons. The fourth-order valence-corrected chi connectivity index (χ4v) is 3.53. The molecule has 0 aromatic heterocycles. The van der Waals surface area contributed by atoms with Crippen molar-refractivity contribution in [3.8, 4) is 0 Å². The van der Waals surface area contributed by atoms with Crippen molar-refractivity contribution in [2.75, 3.05) is 13.1 Å². The van der Waals surface area contributed by atoms with Crippen molar-refractivity contribution in [1.29, 1.82) is 0 Å². The van der Waals surface area contributed by atoms with Crippen LogP contribution < -0.4 is 5.73 Å². The summed E-state index contributed by atoms with van der Waals surface area (Å²) in [5, 5.41) is 1.05. The predicted molar refractivity (Wildman–Crippen MR) is 70.5 cm³/mol. The second kappa shape index (κ2) is 5.92. The largest absolute Gasteiger partial charge is 0.339 e. The fraction of sp³-hybridized carbons (Fsp3) is 0.917. The highest BCUT2D eigenvalue weighted by Crippen LogP contribution is 2.25. The number of rotatable bonds is 3. The van der Waals surface area contributed by atoms with Crippen molar-refractivity contribution >= 4 is 17.7 Å². The fourth-order valence-electron chi connectivity index (χ4n) is 2.20. The van der Waals surface area contributed by atoms with E-state index in [2.05, 4.69) is 27.7 Å². The van der Waals surface area contributed by atoms with Gasteiger partial charge in [-0.2, -0.15) is 11.8 Å². The summed E-state index contributed by atoms with van der Waals surface area (Å²) in [6, 6.07) is -0.317. The van der Waals surface area contributed by atoms with Crippen LogP contribution in [0.3, 0.4) is 0 Å². The highest BCUT2D eigenvalue weighted by molar-refractivity contribution is 8.00. The second-order valence-corrected chi connectivity index (χ2v) is 7.12. The molecular formula is C12H24N2OS. The molecule has 1 heterocycles. The van der Waals surface area contributed by atoms with Crippen molar-refractivity contribution in [1.82, 2.24) is 4.90 Å². The lowest BCUT2D eigenvalue weighted by molar-refractivity contribution is -0.133. The molecule has 1 saturated heterocycles. The minimum Gasteiger partial charge on any atom is -0.339 e. The van der Waals surface area contributed by atoms with E-state index in [1.165, 1.54) is 0 Å². The number of hydrogen-bond acceptors (Lipinski definition) is 3. The first kappa shape index (κ1) is 13.8. The second-order valence-electron chi connectivity index (χ2n) is 5.24. The SMILES string of the molecule is CC(C)C[C@@H](N)C(=O)N1CC(C)SC(C)C1. The first-order valence-electron chi connectivity index (χ1n) is 6.10. The van der Waals surface area contributed by atoms with Crippen molar-refractivity contribution in [2.24, 2.45) is 11.7 Å². The van der Waals surface area contributed by atoms with Gasteiger partial charge in [-0.15, -0.1) is 0 Å². The van der Waals surface area contributed by atoms with Gasteiger partial charge in [0.25, 0.3) is 0 Å². The number of nitrogens with two attached hydrogens (primary N) is 1. The normalized spacial score (nSPS) is 28.2. The lowest BCUT2D eigenvalue weighted by Crippen LogP contribution is -2.50. The van der Waals surface area contributed by atoms with Crippen LogP contribution in [0.4, 0.5) is 0 Å². The predicted octanol–water partition coefficient (Wildman–Crippen LogP) is 1.71. The average Bonchev–Trinajstić information content (AvgIpc) is 2.13. The first-order valence-corrected chi connectivity index (χ1v) is 7.04. The standard InChI is InChI=1S/C12H24N2OS/c1-8(2)5-11(13)12(15)14-6-9(3)16-10(4)7-14/h8-11H,5-7,13H2,1-4H3/t9?,10?,11-/m1/s1. The van der Waals surface area contributed by atoms with Gasteiger partial charge >= 0.3 is 0 Å². The van der Waals surface area contributed by atoms with Gasteiger partial charge in [-0.3, -0.25) is 4.79 Å². The first-order chi connectivity index (χ1) is 7.40. The van der Waals surface area contributed by atoms with E-state index in [4.69, 9.17) is 5.73 Å². The van der Waals surface area contributed by atoms with Crippen molar-refractivity contribution in [3.63, 3.8) is 0 Å². The van der Waals surface area contributed by atoms with Crippen molar-refractivity contribution < 1.29 is 4.79 Å². The van der Waals surface area contributed by atoms with Gasteiger partial charge in [-0.05, 0) is 12.3 Å². The molecule has 0 bridgehead atoms. The molecule has 3 atom stereocenters. The monoisotopic (exact) mass is 244 g/mol. The van der Waals surface area contributed by atoms with Crippen LogP contribution >= 0.6 is 11.8 Å². The van der Waals surface area contributed by atoms with E-state index in [9.17, 15) is 4.79 Å². The summed E-state index contributed by atoms with van der Waals surface area (Å²) in [5.74, 6) is 0.612. The minimum absolute atomic E-state index is 0.132. The molecule has 0 saturated carbocycles. The number of amides is 1. The molecule has 0 radical (unpaired) electrons. The Morgan fingerprint density at radius 1 is 1.38 bits per heavy atom. The Kier molecular flexibility index (Phi) is 5.12. The zero-order chi connectivity index (χ0) is 12.3. The summed E-state index contributed by atoms with van der Waals surface area (Å²) in [6.07, 6.45) is 0.783. The number of carbonyl (C=O) groups is 1. The van der Waals surface area contributed by atoms with Gasteiger partial charge in [-0.25, -0.2) is 0 Å². The topological polar surface area (TPSA) is 46.3 Å². The van der Waals surface area contributed by atoms with Crippen molar-refractivity contribution in [2.45, 2.75) is 50.7 Å². The summed E-state index contributed by atoms with van der Waals surface area (Å²) in [5.41, 5.74) is 5.94. The van der Waals surface area contributed by atoms with Gasteiger partial charge in [0.2, 0.25) is 5.91 Å². The maximum atomic E-state index is 12.1. The third-order valence-corrected chi connectivity index (χ3v) is 4.00. The van der Waals surface area contributed by atoms with E-state index in [1.54, 1.807) is 0 Å². The minimum atomic E-state index is -0.317. The molecule has 1 aliphatic heterocycles. The smallest absolute Gasteiger partial charge is 0.239 e. The maximum absolute atomic E-state index is 12.1. The lowest BCUT2D eigenvalue weighted by atomic mass is 10.0. The number of nitrogens with zero attached hydrogens (tertiary/aromatic N) is 1. The zero-order valence-corrected chi connectivity index (χ0v) is 11.6. The van der Waals surface area contributed by atoms with Gasteiger partial charge in [-0.1, -0.05) is 27.7 Å². The zero-order valence-electron chi connectivity index (χ0n) is 10.8. The van der Waals surface area contributed by atoms with Gasteiger partial charge in [0.15, 0.2) is 0 Å². The molecule has 1 fully saturated rings. The molecule has 0 aromatic rings. The summed E-state index contributed by atoms with van der Waals surface area (Å²) in [6.45, 7) is 10.2. The molecule has 0 aliphatic carbocycles. The molecule has 1 amide bonds. The van der Waals surface area contributed by atoms with E-state index in [1.807, 2.05) is 16.7 Å². The Bertz CT molecular complexity index is 235. The molecule has 1 rings (SSSR count). The number of hydrogen-bond donors (Lipinski definition) is 1. The Morgan fingerprint density at radius 3 is 2.31 bits per heavy atom. The van der Waals surface area contributed by atoms with Gasteiger partial charge < -0.3 is 10.6 Å². The highest BCUT2D eigenvalue weighted by Gasteiger charge is 2.28. The molecule has 3 nitrogen and oxygen atoms in total. The molecule has 0 aromatic carbocycles. The maximum Gasteiger partial charge on any atom is 0.239 e. The molecule has 1 aliphatic rings. The van der Waals surface area contributed by atoms with Gasteiger partial charge in [0.05, 0.1) is 6.04 Å². The Labute approximate surface area is 103 Å². The molecular weight excluding hydrogens is 220 g/mol. The summed E-state index contributed by atoms with van der Waals surface area (Å²) < 4.78 is 0. The third kappa shape index (κ3) is 3.98. The van der Waals surface area contributed by atoms with Crippen LogP contribution in [0.25, 0.3) is 0 Å². The summed E-state index contributed by atoms with van der Waals surface area (Å²) in [7, 11) is 0. The summed E-state index contributed by atoms with van der Waals surface area (Å²) >= 11 is 1.95. The quantitative estimate of drug-likeness (QED) is 0.822. The van der Waals surface area contributed by atoms with Crippen LogP contribution in [0.1, 0.15) is 34.1 Å². The highest BCUT2D eigenvalue weighted by atomic mass is 32.2. The van der Waals surface area contributed by atoms with Gasteiger partial charge in [0, 0.05) is 23.6 Å². The van der Waals surface area contributed by atoms with E-state index in [0.717, 1.165) is 19.5 Å². The number of thioether (sulfide) groups is 1. The van der Waals surface area contributed by atoms with E-state index < -0.39 is 0 Å². The molecule has 2 N–H and O–H groups in total. The van der Waals surface area contributed by atoms with Crippen LogP contribution in [0.15, 0.2) is 0 Å². The van der Waals surface area contributed by atoms with E-state index >= 15 is 0 Å². The third-order valence-electron chi connectivity index (χ3n) is 2.77. The van der Waals surface area contributed by atoms with E-state index in [-0.39, 0.29) is 11.9 Å². The summed E-state index contributed by atoms with van der Waals surface area (Å²) in [4.78, 5) is 14.1. The van der Waals surface area contributed by atoms with Crippen LogP contribution in [-0.2, 0) is 4.79 Å². The van der Waals surface area contributed by atoms with E-state index in [0.29, 0.717) is 16.4 Å². The van der Waals surface area contributed by atoms with Crippen LogP contribution in [0.2, 0.25) is 0 Å². The molecule has 0 spiro atoms. The lowest BCUT2D eigenvalue weighted by Gasteiger charge is -2.36. The molecule has 2 unspecified atom stereocenters. The number of carbonyl (C=O) groups excluding carboxylic acids is 1. The Balaban J connectivity index is 2.52. The molecule has 16 heavy (non-hydrogen) atoms. The van der Waals surface area contributed by atoms with Gasteiger partial charge in [0.1, 0.15) is 0 Å².